The van der Waals surface area contributed by atoms with Crippen molar-refractivity contribution in [1.82, 2.24) is 19.7 Å². The fourth-order valence-electron chi connectivity index (χ4n) is 4.45. The maximum Gasteiger partial charge on any atom is 0.306 e. The number of amides is 1. The van der Waals surface area contributed by atoms with Gasteiger partial charge in [0.05, 0.1) is 17.8 Å². The van der Waals surface area contributed by atoms with Crippen molar-refractivity contribution >= 4 is 31.6 Å². The largest absolute Gasteiger partial charge is 0.481 e. The summed E-state index contributed by atoms with van der Waals surface area (Å²) in [4.78, 5) is 30.5. The first-order valence-electron chi connectivity index (χ1n) is 11.5. The van der Waals surface area contributed by atoms with Crippen LogP contribution in [0.3, 0.4) is 0 Å². The van der Waals surface area contributed by atoms with E-state index in [-0.39, 0.29) is 29.0 Å². The van der Waals surface area contributed by atoms with Gasteiger partial charge in [-0.1, -0.05) is 31.2 Å². The zero-order valence-corrected chi connectivity index (χ0v) is 21.4. The van der Waals surface area contributed by atoms with Gasteiger partial charge in [-0.25, -0.2) is 14.1 Å². The quantitative estimate of drug-likeness (QED) is 0.320. The highest BCUT2D eigenvalue weighted by molar-refractivity contribution is 6.76. The molecule has 2 fully saturated rings. The lowest BCUT2D eigenvalue weighted by atomic mass is 9.89. The van der Waals surface area contributed by atoms with Crippen LogP contribution in [-0.2, 0) is 16.3 Å². The second kappa shape index (κ2) is 9.39. The van der Waals surface area contributed by atoms with Crippen LogP contribution in [0.1, 0.15) is 36.2 Å². The van der Waals surface area contributed by atoms with Gasteiger partial charge in [-0.3, -0.25) is 9.59 Å². The molecule has 0 aromatic carbocycles. The number of carbonyl (C=O) groups excluding carboxylic acids is 1. The van der Waals surface area contributed by atoms with Crippen molar-refractivity contribution in [2.75, 3.05) is 13.2 Å². The Hall–Kier alpha value is -2.30. The van der Waals surface area contributed by atoms with E-state index in [0.29, 0.717) is 31.7 Å². The molecule has 1 saturated carbocycles. The molecule has 2 aromatic heterocycles. The lowest BCUT2D eigenvalue weighted by molar-refractivity contribution is -0.144. The Kier molecular flexibility index (Phi) is 6.85. The summed E-state index contributed by atoms with van der Waals surface area (Å²) in [7, 11) is -1.29. The molecule has 3 heterocycles. The molecule has 0 radical (unpaired) electrons. The van der Waals surface area contributed by atoms with Gasteiger partial charge in [0.25, 0.3) is 5.91 Å². The van der Waals surface area contributed by atoms with Gasteiger partial charge in [0.2, 0.25) is 0 Å². The summed E-state index contributed by atoms with van der Waals surface area (Å²) in [6, 6.07) is 3.92. The van der Waals surface area contributed by atoms with Crippen LogP contribution in [0, 0.1) is 11.7 Å². The third-order valence-corrected chi connectivity index (χ3v) is 8.54. The van der Waals surface area contributed by atoms with Crippen molar-refractivity contribution in [1.29, 1.82) is 0 Å². The molecule has 4 rings (SSSR count). The van der Waals surface area contributed by atoms with Gasteiger partial charge in [0, 0.05) is 32.3 Å². The van der Waals surface area contributed by atoms with Crippen LogP contribution in [0.4, 0.5) is 4.39 Å². The van der Waals surface area contributed by atoms with E-state index in [4.69, 9.17) is 16.3 Å². The molecule has 1 aliphatic heterocycles. The van der Waals surface area contributed by atoms with Crippen molar-refractivity contribution in [2.24, 2.45) is 5.92 Å². The lowest BCUT2D eigenvalue weighted by Crippen LogP contribution is -2.49. The molecular formula is C23H30ClFN4O4Si. The summed E-state index contributed by atoms with van der Waals surface area (Å²) in [6.07, 6.45) is 3.47. The predicted octanol–water partition coefficient (Wildman–Crippen LogP) is 4.52. The van der Waals surface area contributed by atoms with Crippen molar-refractivity contribution in [3.63, 3.8) is 0 Å². The first-order valence-corrected chi connectivity index (χ1v) is 15.6. The fourth-order valence-corrected chi connectivity index (χ4v) is 5.37. The number of piperidine rings is 1. The highest BCUT2D eigenvalue weighted by atomic mass is 35.5. The van der Waals surface area contributed by atoms with E-state index in [0.717, 1.165) is 25.1 Å². The molecule has 1 unspecified atom stereocenters. The number of carboxylic acids is 1. The number of aromatic nitrogens is 3. The van der Waals surface area contributed by atoms with E-state index >= 15 is 0 Å². The third-order valence-electron chi connectivity index (χ3n) is 6.63. The Balaban J connectivity index is 1.60. The lowest BCUT2D eigenvalue weighted by Gasteiger charge is -2.38. The monoisotopic (exact) mass is 508 g/mol. The topological polar surface area (TPSA) is 97.6 Å². The molecule has 1 N–H and O–H groups in total. The molecule has 0 bridgehead atoms. The van der Waals surface area contributed by atoms with E-state index in [9.17, 15) is 19.1 Å². The Morgan fingerprint density at radius 3 is 2.71 bits per heavy atom. The number of pyridine rings is 1. The number of likely N-dealkylation sites (tertiary alicyclic amines) is 1. The minimum Gasteiger partial charge on any atom is -0.481 e. The van der Waals surface area contributed by atoms with Crippen molar-refractivity contribution in [2.45, 2.75) is 63.6 Å². The van der Waals surface area contributed by atoms with E-state index in [1.54, 1.807) is 11.0 Å². The number of carboxylic acid groups (broad SMARTS) is 1. The Labute approximate surface area is 204 Å². The zero-order valence-electron chi connectivity index (χ0n) is 19.7. The summed E-state index contributed by atoms with van der Waals surface area (Å²) < 4.78 is 22.0. The maximum atomic E-state index is 14.6. The Morgan fingerprint density at radius 2 is 2.06 bits per heavy atom. The molecule has 8 nitrogen and oxygen atoms in total. The van der Waals surface area contributed by atoms with Gasteiger partial charge in [-0.2, -0.15) is 5.10 Å². The number of carbonyl (C=O) groups is 2. The molecule has 1 saturated heterocycles. The Morgan fingerprint density at radius 1 is 1.32 bits per heavy atom. The Bertz CT molecular complexity index is 1100. The first kappa shape index (κ1) is 24.8. The summed E-state index contributed by atoms with van der Waals surface area (Å²) in [5, 5.41) is 14.0. The molecule has 11 heteroatoms. The second-order valence-electron chi connectivity index (χ2n) is 10.5. The minimum absolute atomic E-state index is 0.0682. The van der Waals surface area contributed by atoms with Crippen LogP contribution in [0.2, 0.25) is 30.8 Å². The molecule has 2 aromatic rings. The number of hydrogen-bond donors (Lipinski definition) is 1. The van der Waals surface area contributed by atoms with E-state index in [1.165, 1.54) is 10.7 Å². The van der Waals surface area contributed by atoms with Crippen molar-refractivity contribution < 1.29 is 23.8 Å². The van der Waals surface area contributed by atoms with Crippen molar-refractivity contribution in [3.05, 3.63) is 35.0 Å². The highest BCUT2D eigenvalue weighted by Gasteiger charge is 2.54. The van der Waals surface area contributed by atoms with Crippen LogP contribution in [0.5, 0.6) is 0 Å². The number of ether oxygens (including phenoxy) is 1. The average molecular weight is 509 g/mol. The van der Waals surface area contributed by atoms with Gasteiger partial charge in [-0.05, 0) is 43.9 Å². The smallest absolute Gasteiger partial charge is 0.306 e. The second-order valence-corrected chi connectivity index (χ2v) is 16.5. The van der Waals surface area contributed by atoms with Crippen LogP contribution < -0.4 is 0 Å². The molecule has 1 atom stereocenters. The number of aliphatic carboxylic acids is 1. The van der Waals surface area contributed by atoms with Gasteiger partial charge in [0.1, 0.15) is 11.9 Å². The zero-order chi connectivity index (χ0) is 24.7. The SMILES string of the molecule is C[Si](C)(C)CCOCn1nc(C(=O)N2CCC(C(=O)O)CC23CC3)cc1-c1cc(Cl)ncc1F. The normalized spacial score (nSPS) is 19.4. The molecule has 1 spiro atoms. The molecule has 1 aliphatic carbocycles. The predicted molar refractivity (Wildman–Crippen MR) is 128 cm³/mol. The number of hydrogen-bond acceptors (Lipinski definition) is 5. The molecular weight excluding hydrogens is 479 g/mol. The average Bonchev–Trinajstić information content (AvgIpc) is 3.39. The minimum atomic E-state index is -1.29. The first-order chi connectivity index (χ1) is 16.0. The number of halogens is 2. The van der Waals surface area contributed by atoms with E-state index in [1.807, 2.05) is 0 Å². The summed E-state index contributed by atoms with van der Waals surface area (Å²) >= 11 is 6.01. The summed E-state index contributed by atoms with van der Waals surface area (Å²) in [6.45, 7) is 7.73. The van der Waals surface area contributed by atoms with Crippen LogP contribution in [-0.4, -0.2) is 63.4 Å². The molecule has 184 valence electrons. The number of rotatable bonds is 8. The maximum absolute atomic E-state index is 14.6. The van der Waals surface area contributed by atoms with Crippen LogP contribution in [0.15, 0.2) is 18.3 Å². The summed E-state index contributed by atoms with van der Waals surface area (Å²) in [5.41, 5.74) is 0.326. The van der Waals surface area contributed by atoms with Crippen LogP contribution >= 0.6 is 11.6 Å². The fraction of sp³-hybridized carbons (Fsp3) is 0.565. The van der Waals surface area contributed by atoms with Gasteiger partial charge >= 0.3 is 5.97 Å². The van der Waals surface area contributed by atoms with Gasteiger partial charge in [-0.15, -0.1) is 0 Å². The van der Waals surface area contributed by atoms with E-state index < -0.39 is 31.3 Å². The highest BCUT2D eigenvalue weighted by Crippen LogP contribution is 2.50. The molecule has 2 aliphatic rings. The van der Waals surface area contributed by atoms with Crippen LogP contribution in [0.25, 0.3) is 11.3 Å². The third kappa shape index (κ3) is 5.34. The standard InChI is InChI=1S/C23H30ClFN4O4Si/c1-34(2,3)9-8-33-14-29-19(16-10-20(24)26-13-17(16)25)11-18(27-29)21(30)28-7-4-15(22(31)32)12-23(28)5-6-23/h10-11,13,15H,4-9,12,14H2,1-3H3,(H,31,32). The molecule has 34 heavy (non-hydrogen) atoms. The van der Waals surface area contributed by atoms with Gasteiger partial charge in [0.15, 0.2) is 11.5 Å². The molecule has 1 amide bonds. The number of nitrogens with zero attached hydrogens (tertiary/aromatic N) is 4. The summed E-state index contributed by atoms with van der Waals surface area (Å²) in [5.74, 6) is -2.10. The van der Waals surface area contributed by atoms with Gasteiger partial charge < -0.3 is 14.7 Å². The van der Waals surface area contributed by atoms with E-state index in [2.05, 4.69) is 29.7 Å². The van der Waals surface area contributed by atoms with Crippen molar-refractivity contribution in [3.8, 4) is 11.3 Å².